The van der Waals surface area contributed by atoms with E-state index in [1.54, 1.807) is 0 Å². The van der Waals surface area contributed by atoms with Gasteiger partial charge in [-0.1, -0.05) is 61.9 Å². The monoisotopic (exact) mass is 252 g/mol. The predicted molar refractivity (Wildman–Crippen MR) is 78.3 cm³/mol. The second-order valence-electron chi connectivity index (χ2n) is 5.45. The van der Waals surface area contributed by atoms with Crippen LogP contribution in [0.25, 0.3) is 0 Å². The standard InChI is InChI=1S/C18H20O/c1-2-6-13-7-5-9-15(11-13)18(19)17-12-14-8-3-4-10-16(14)17/h3-5,7-11,17-19H,2,6,12H2,1H3. The molecular weight excluding hydrogens is 232 g/mol. The van der Waals surface area contributed by atoms with Gasteiger partial charge < -0.3 is 5.11 Å². The van der Waals surface area contributed by atoms with Gasteiger partial charge in [-0.25, -0.2) is 0 Å². The van der Waals surface area contributed by atoms with E-state index < -0.39 is 0 Å². The molecule has 0 spiro atoms. The minimum absolute atomic E-state index is 0.271. The van der Waals surface area contributed by atoms with E-state index in [0.717, 1.165) is 24.8 Å². The van der Waals surface area contributed by atoms with Crippen molar-refractivity contribution >= 4 is 0 Å². The highest BCUT2D eigenvalue weighted by atomic mass is 16.3. The highest BCUT2D eigenvalue weighted by molar-refractivity contribution is 5.42. The summed E-state index contributed by atoms with van der Waals surface area (Å²) >= 11 is 0. The maximum absolute atomic E-state index is 10.6. The van der Waals surface area contributed by atoms with E-state index in [9.17, 15) is 5.11 Å². The van der Waals surface area contributed by atoms with Crippen molar-refractivity contribution in [2.24, 2.45) is 0 Å². The molecule has 1 heteroatoms. The first-order valence-electron chi connectivity index (χ1n) is 7.14. The third-order valence-electron chi connectivity index (χ3n) is 4.11. The Morgan fingerprint density at radius 2 is 2.00 bits per heavy atom. The van der Waals surface area contributed by atoms with E-state index in [0.29, 0.717) is 0 Å². The van der Waals surface area contributed by atoms with Gasteiger partial charge in [-0.2, -0.15) is 0 Å². The quantitative estimate of drug-likeness (QED) is 0.871. The zero-order valence-electron chi connectivity index (χ0n) is 11.3. The first-order chi connectivity index (χ1) is 9.29. The van der Waals surface area contributed by atoms with E-state index in [1.165, 1.54) is 16.7 Å². The molecule has 98 valence electrons. The molecule has 0 amide bonds. The van der Waals surface area contributed by atoms with E-state index in [2.05, 4.69) is 49.4 Å². The lowest BCUT2D eigenvalue weighted by molar-refractivity contribution is 0.134. The molecular formula is C18H20O. The van der Waals surface area contributed by atoms with Gasteiger partial charge in [-0.3, -0.25) is 0 Å². The molecule has 2 atom stereocenters. The fourth-order valence-electron chi connectivity index (χ4n) is 3.03. The predicted octanol–water partition coefficient (Wildman–Crippen LogP) is 4.01. The Labute approximate surface area is 114 Å². The molecule has 0 radical (unpaired) electrons. The Morgan fingerprint density at radius 3 is 2.79 bits per heavy atom. The van der Waals surface area contributed by atoms with Crippen molar-refractivity contribution in [1.82, 2.24) is 0 Å². The third kappa shape index (κ3) is 2.31. The summed E-state index contributed by atoms with van der Waals surface area (Å²) in [4.78, 5) is 0. The number of aliphatic hydroxyl groups is 1. The van der Waals surface area contributed by atoms with Gasteiger partial charge in [0.25, 0.3) is 0 Å². The Hall–Kier alpha value is -1.60. The zero-order chi connectivity index (χ0) is 13.2. The molecule has 0 saturated carbocycles. The van der Waals surface area contributed by atoms with Crippen molar-refractivity contribution in [3.05, 3.63) is 70.8 Å². The number of benzene rings is 2. The second kappa shape index (κ2) is 5.18. The summed E-state index contributed by atoms with van der Waals surface area (Å²) in [5, 5.41) is 10.6. The Balaban J connectivity index is 1.82. The molecule has 0 heterocycles. The molecule has 1 aliphatic carbocycles. The molecule has 0 aromatic heterocycles. The van der Waals surface area contributed by atoms with Gasteiger partial charge in [0.15, 0.2) is 0 Å². The number of aryl methyl sites for hydroxylation is 1. The number of aliphatic hydroxyl groups excluding tert-OH is 1. The maximum Gasteiger partial charge on any atom is 0.0861 e. The summed E-state index contributed by atoms with van der Waals surface area (Å²) < 4.78 is 0. The summed E-state index contributed by atoms with van der Waals surface area (Å²) in [6.45, 7) is 2.19. The minimum atomic E-state index is -0.369. The van der Waals surface area contributed by atoms with Crippen LogP contribution in [0.3, 0.4) is 0 Å². The van der Waals surface area contributed by atoms with Gasteiger partial charge >= 0.3 is 0 Å². The van der Waals surface area contributed by atoms with Crippen molar-refractivity contribution in [3.63, 3.8) is 0 Å². The van der Waals surface area contributed by atoms with E-state index in [1.807, 2.05) is 6.07 Å². The summed E-state index contributed by atoms with van der Waals surface area (Å²) in [6.07, 6.45) is 2.86. The van der Waals surface area contributed by atoms with Crippen LogP contribution in [-0.4, -0.2) is 5.11 Å². The molecule has 0 saturated heterocycles. The number of hydrogen-bond donors (Lipinski definition) is 1. The molecule has 2 aromatic rings. The van der Waals surface area contributed by atoms with Crippen LogP contribution in [-0.2, 0) is 12.8 Å². The topological polar surface area (TPSA) is 20.2 Å². The summed E-state index contributed by atoms with van der Waals surface area (Å²) in [5.74, 6) is 0.271. The van der Waals surface area contributed by atoms with Crippen LogP contribution < -0.4 is 0 Å². The molecule has 0 fully saturated rings. The van der Waals surface area contributed by atoms with Gasteiger partial charge in [0.2, 0.25) is 0 Å². The maximum atomic E-state index is 10.6. The zero-order valence-corrected chi connectivity index (χ0v) is 11.3. The number of rotatable bonds is 4. The molecule has 0 aliphatic heterocycles. The number of hydrogen-bond acceptors (Lipinski definition) is 1. The van der Waals surface area contributed by atoms with Crippen molar-refractivity contribution < 1.29 is 5.11 Å². The first-order valence-corrected chi connectivity index (χ1v) is 7.14. The van der Waals surface area contributed by atoms with Crippen LogP contribution in [0.2, 0.25) is 0 Å². The summed E-state index contributed by atoms with van der Waals surface area (Å²) in [7, 11) is 0. The van der Waals surface area contributed by atoms with Gasteiger partial charge in [-0.15, -0.1) is 0 Å². The van der Waals surface area contributed by atoms with Crippen LogP contribution in [0.4, 0.5) is 0 Å². The normalized spacial score (nSPS) is 18.5. The minimum Gasteiger partial charge on any atom is -0.388 e. The highest BCUT2D eigenvalue weighted by Crippen LogP contribution is 2.43. The van der Waals surface area contributed by atoms with Crippen LogP contribution in [0.15, 0.2) is 48.5 Å². The largest absolute Gasteiger partial charge is 0.388 e. The first kappa shape index (κ1) is 12.4. The number of fused-ring (bicyclic) bond motifs is 1. The lowest BCUT2D eigenvalue weighted by atomic mass is 9.73. The van der Waals surface area contributed by atoms with E-state index >= 15 is 0 Å². The Kier molecular flexibility index (Phi) is 3.39. The van der Waals surface area contributed by atoms with Gasteiger partial charge in [0.05, 0.1) is 6.10 Å². The fraction of sp³-hybridized carbons (Fsp3) is 0.333. The van der Waals surface area contributed by atoms with Gasteiger partial charge in [0.1, 0.15) is 0 Å². The molecule has 1 aliphatic rings. The average Bonchev–Trinajstić information content (AvgIpc) is 2.41. The van der Waals surface area contributed by atoms with Crippen LogP contribution in [0, 0.1) is 0 Å². The fourth-order valence-corrected chi connectivity index (χ4v) is 3.03. The highest BCUT2D eigenvalue weighted by Gasteiger charge is 2.32. The van der Waals surface area contributed by atoms with Crippen molar-refractivity contribution in [2.45, 2.75) is 38.2 Å². The van der Waals surface area contributed by atoms with E-state index in [-0.39, 0.29) is 12.0 Å². The third-order valence-corrected chi connectivity index (χ3v) is 4.11. The van der Waals surface area contributed by atoms with Gasteiger partial charge in [-0.05, 0) is 35.1 Å². The molecule has 19 heavy (non-hydrogen) atoms. The second-order valence-corrected chi connectivity index (χ2v) is 5.45. The molecule has 3 rings (SSSR count). The Bertz CT molecular complexity index is 573. The van der Waals surface area contributed by atoms with Crippen molar-refractivity contribution in [1.29, 1.82) is 0 Å². The smallest absolute Gasteiger partial charge is 0.0861 e. The van der Waals surface area contributed by atoms with Crippen LogP contribution >= 0.6 is 0 Å². The summed E-state index contributed by atoms with van der Waals surface area (Å²) in [5.41, 5.74) is 5.09. The average molecular weight is 252 g/mol. The van der Waals surface area contributed by atoms with E-state index in [4.69, 9.17) is 0 Å². The molecule has 2 aromatic carbocycles. The van der Waals surface area contributed by atoms with Crippen molar-refractivity contribution in [2.75, 3.05) is 0 Å². The van der Waals surface area contributed by atoms with Crippen molar-refractivity contribution in [3.8, 4) is 0 Å². The molecule has 1 nitrogen and oxygen atoms in total. The summed E-state index contributed by atoms with van der Waals surface area (Å²) in [6, 6.07) is 16.9. The molecule has 0 bridgehead atoms. The van der Waals surface area contributed by atoms with Crippen LogP contribution in [0.1, 0.15) is 47.6 Å². The lowest BCUT2D eigenvalue weighted by Crippen LogP contribution is -2.23. The lowest BCUT2D eigenvalue weighted by Gasteiger charge is -2.34. The SMILES string of the molecule is CCCc1cccc(C(O)C2Cc3ccccc32)c1. The Morgan fingerprint density at radius 1 is 1.16 bits per heavy atom. The van der Waals surface area contributed by atoms with Crippen LogP contribution in [0.5, 0.6) is 0 Å². The molecule has 1 N–H and O–H groups in total. The molecule has 2 unspecified atom stereocenters. The van der Waals surface area contributed by atoms with Gasteiger partial charge in [0, 0.05) is 5.92 Å².